The van der Waals surface area contributed by atoms with Crippen LogP contribution in [0.25, 0.3) is 0 Å². The second kappa shape index (κ2) is 13.8. The molecule has 0 radical (unpaired) electrons. The van der Waals surface area contributed by atoms with Gasteiger partial charge in [0, 0.05) is 25.3 Å². The molecule has 2 fully saturated rings. The number of anilines is 1. The number of likely N-dealkylation sites (tertiary alicyclic amines) is 1. The van der Waals surface area contributed by atoms with Crippen molar-refractivity contribution in [3.05, 3.63) is 101 Å². The summed E-state index contributed by atoms with van der Waals surface area (Å²) < 4.78 is 19.0. The molecule has 2 aliphatic rings. The van der Waals surface area contributed by atoms with Gasteiger partial charge in [-0.25, -0.2) is 9.18 Å². The van der Waals surface area contributed by atoms with Gasteiger partial charge in [-0.1, -0.05) is 47.6 Å². The van der Waals surface area contributed by atoms with Crippen molar-refractivity contribution in [1.82, 2.24) is 9.80 Å². The second-order valence-corrected chi connectivity index (χ2v) is 12.8. The minimum Gasteiger partial charge on any atom is -0.456 e. The fourth-order valence-electron chi connectivity index (χ4n) is 6.29. The number of carbonyl (C=O) groups is 2. The summed E-state index contributed by atoms with van der Waals surface area (Å²) in [6.45, 7) is 8.89. The van der Waals surface area contributed by atoms with Crippen LogP contribution in [0.2, 0.25) is 0 Å². The third-order valence-corrected chi connectivity index (χ3v) is 8.47. The Labute approximate surface area is 265 Å². The van der Waals surface area contributed by atoms with Crippen LogP contribution in [-0.2, 0) is 20.9 Å². The molecule has 0 saturated carbocycles. The fraction of sp³-hybridized carbons (Fsp3) is 0.417. The highest BCUT2D eigenvalue weighted by molar-refractivity contribution is 6.00. The van der Waals surface area contributed by atoms with Crippen molar-refractivity contribution >= 4 is 23.3 Å². The lowest BCUT2D eigenvalue weighted by Gasteiger charge is -2.43. The summed E-state index contributed by atoms with van der Waals surface area (Å²) in [5.41, 5.74) is 2.83. The standard InChI is InChI=1S/C36H43FN4O4/c1-35(2,3)45-33(42)29-11-8-10-27(24-29)25-40-26-41(31-12-6-5-7-13-31)36(34(40)43)19-22-39(23-20-36)21-9-14-32(38-44-4)28-15-17-30(37)18-16-28/h5-8,10-13,15-18,24H,9,14,19-23,25-26H2,1-4H3/b38-32-. The van der Waals surface area contributed by atoms with E-state index in [0.29, 0.717) is 38.0 Å². The average Bonchev–Trinajstić information content (AvgIpc) is 3.28. The highest BCUT2D eigenvalue weighted by Gasteiger charge is 2.53. The summed E-state index contributed by atoms with van der Waals surface area (Å²) >= 11 is 0. The third-order valence-electron chi connectivity index (χ3n) is 8.47. The molecule has 1 spiro atoms. The van der Waals surface area contributed by atoms with E-state index >= 15 is 0 Å². The molecule has 3 aromatic rings. The number of oxime groups is 1. The van der Waals surface area contributed by atoms with Gasteiger partial charge in [0.25, 0.3) is 0 Å². The molecular formula is C36H43FN4O4. The van der Waals surface area contributed by atoms with Crippen molar-refractivity contribution in [2.75, 3.05) is 38.3 Å². The number of halogens is 1. The van der Waals surface area contributed by atoms with Crippen molar-refractivity contribution in [3.63, 3.8) is 0 Å². The molecule has 0 N–H and O–H groups in total. The minimum atomic E-state index is -0.628. The topological polar surface area (TPSA) is 74.7 Å². The molecule has 3 aromatic carbocycles. The maximum Gasteiger partial charge on any atom is 0.338 e. The van der Waals surface area contributed by atoms with E-state index in [1.807, 2.05) is 62.1 Å². The van der Waals surface area contributed by atoms with E-state index in [-0.39, 0.29) is 17.7 Å². The van der Waals surface area contributed by atoms with Crippen LogP contribution in [0, 0.1) is 5.82 Å². The molecule has 0 unspecified atom stereocenters. The molecule has 0 atom stereocenters. The monoisotopic (exact) mass is 614 g/mol. The van der Waals surface area contributed by atoms with Crippen LogP contribution in [0.4, 0.5) is 10.1 Å². The van der Waals surface area contributed by atoms with E-state index in [1.165, 1.54) is 19.2 Å². The third kappa shape index (κ3) is 7.71. The van der Waals surface area contributed by atoms with Crippen LogP contribution in [-0.4, -0.2) is 71.9 Å². The first-order valence-electron chi connectivity index (χ1n) is 15.6. The predicted molar refractivity (Wildman–Crippen MR) is 174 cm³/mol. The summed E-state index contributed by atoms with van der Waals surface area (Å²) in [5, 5.41) is 4.18. The molecule has 1 amide bonds. The van der Waals surface area contributed by atoms with Crippen LogP contribution in [0.5, 0.6) is 0 Å². The van der Waals surface area contributed by atoms with Gasteiger partial charge in [0.15, 0.2) is 0 Å². The normalized spacial score (nSPS) is 17.2. The molecule has 238 valence electrons. The largest absolute Gasteiger partial charge is 0.456 e. The first-order chi connectivity index (χ1) is 21.6. The van der Waals surface area contributed by atoms with Crippen molar-refractivity contribution in [2.45, 2.75) is 64.1 Å². The number of hydrogen-bond acceptors (Lipinski definition) is 7. The Hall–Kier alpha value is -4.24. The number of para-hydroxylation sites is 1. The summed E-state index contributed by atoms with van der Waals surface area (Å²) in [6, 6.07) is 23.8. The van der Waals surface area contributed by atoms with Gasteiger partial charge in [0.1, 0.15) is 24.1 Å². The molecule has 2 aliphatic heterocycles. The van der Waals surface area contributed by atoms with Gasteiger partial charge >= 0.3 is 5.97 Å². The molecule has 8 nitrogen and oxygen atoms in total. The Morgan fingerprint density at radius 3 is 2.33 bits per heavy atom. The average molecular weight is 615 g/mol. The quantitative estimate of drug-likeness (QED) is 0.153. The lowest BCUT2D eigenvalue weighted by molar-refractivity contribution is -0.134. The van der Waals surface area contributed by atoms with E-state index in [9.17, 15) is 14.0 Å². The highest BCUT2D eigenvalue weighted by atomic mass is 19.1. The van der Waals surface area contributed by atoms with E-state index in [1.54, 1.807) is 18.2 Å². The van der Waals surface area contributed by atoms with E-state index in [2.05, 4.69) is 27.1 Å². The van der Waals surface area contributed by atoms with Crippen LogP contribution in [0.3, 0.4) is 0 Å². The maximum absolute atomic E-state index is 14.3. The van der Waals surface area contributed by atoms with Crippen molar-refractivity contribution in [1.29, 1.82) is 0 Å². The SMILES string of the molecule is CO/N=C(/CCCN1CCC2(CC1)C(=O)N(Cc1cccc(C(=O)OC(C)(C)C)c1)CN2c1ccccc1)c1ccc(F)cc1. The Morgan fingerprint density at radius 2 is 1.67 bits per heavy atom. The summed E-state index contributed by atoms with van der Waals surface area (Å²) in [7, 11) is 1.52. The van der Waals surface area contributed by atoms with E-state index in [4.69, 9.17) is 9.57 Å². The first-order valence-corrected chi connectivity index (χ1v) is 15.6. The van der Waals surface area contributed by atoms with Gasteiger partial charge in [-0.15, -0.1) is 0 Å². The van der Waals surface area contributed by atoms with Gasteiger partial charge in [0.05, 0.1) is 17.9 Å². The van der Waals surface area contributed by atoms with Gasteiger partial charge < -0.3 is 24.3 Å². The number of piperidine rings is 1. The smallest absolute Gasteiger partial charge is 0.338 e. The van der Waals surface area contributed by atoms with Gasteiger partial charge in [-0.3, -0.25) is 4.79 Å². The van der Waals surface area contributed by atoms with E-state index in [0.717, 1.165) is 48.6 Å². The zero-order valence-electron chi connectivity index (χ0n) is 26.7. The van der Waals surface area contributed by atoms with Gasteiger partial charge in [-0.2, -0.15) is 0 Å². The zero-order valence-corrected chi connectivity index (χ0v) is 26.7. The molecule has 0 bridgehead atoms. The molecule has 0 aliphatic carbocycles. The lowest BCUT2D eigenvalue weighted by atomic mass is 9.85. The number of rotatable bonds is 10. The first kappa shape index (κ1) is 32.2. The Balaban J connectivity index is 1.26. The minimum absolute atomic E-state index is 0.125. The lowest BCUT2D eigenvalue weighted by Crippen LogP contribution is -2.56. The van der Waals surface area contributed by atoms with Crippen molar-refractivity contribution in [3.8, 4) is 0 Å². The number of carbonyl (C=O) groups excluding carboxylic acids is 2. The number of ether oxygens (including phenoxy) is 1. The molecule has 0 aromatic heterocycles. The zero-order chi connectivity index (χ0) is 32.0. The van der Waals surface area contributed by atoms with Crippen molar-refractivity contribution in [2.24, 2.45) is 5.16 Å². The summed E-state index contributed by atoms with van der Waals surface area (Å²) in [6.07, 6.45) is 2.99. The Morgan fingerprint density at radius 1 is 0.956 bits per heavy atom. The van der Waals surface area contributed by atoms with Crippen LogP contribution < -0.4 is 4.90 Å². The fourth-order valence-corrected chi connectivity index (χ4v) is 6.29. The number of esters is 1. The Bertz CT molecular complexity index is 1500. The molecule has 5 rings (SSSR count). The van der Waals surface area contributed by atoms with Gasteiger partial charge in [-0.05, 0) is 101 Å². The predicted octanol–water partition coefficient (Wildman–Crippen LogP) is 6.25. The number of amides is 1. The van der Waals surface area contributed by atoms with Crippen LogP contribution in [0.15, 0.2) is 84.0 Å². The molecule has 2 heterocycles. The summed E-state index contributed by atoms with van der Waals surface area (Å²) in [4.78, 5) is 38.6. The molecular weight excluding hydrogens is 571 g/mol. The van der Waals surface area contributed by atoms with Crippen LogP contribution in [0.1, 0.15) is 67.9 Å². The number of hydrogen-bond donors (Lipinski definition) is 0. The molecule has 45 heavy (non-hydrogen) atoms. The molecule has 9 heteroatoms. The number of benzene rings is 3. The maximum atomic E-state index is 14.3. The highest BCUT2D eigenvalue weighted by Crippen LogP contribution is 2.40. The van der Waals surface area contributed by atoms with E-state index < -0.39 is 11.1 Å². The second-order valence-electron chi connectivity index (χ2n) is 12.8. The van der Waals surface area contributed by atoms with Crippen molar-refractivity contribution < 1.29 is 23.6 Å². The van der Waals surface area contributed by atoms with Crippen LogP contribution >= 0.6 is 0 Å². The van der Waals surface area contributed by atoms with Gasteiger partial charge in [0.2, 0.25) is 5.91 Å². The number of nitrogens with zero attached hydrogens (tertiary/aromatic N) is 4. The summed E-state index contributed by atoms with van der Waals surface area (Å²) in [5.74, 6) is -0.527. The molecule has 2 saturated heterocycles. The Kier molecular flexibility index (Phi) is 9.87.